The van der Waals surface area contributed by atoms with Crippen LogP contribution in [0.4, 0.5) is 0 Å². The van der Waals surface area contributed by atoms with Gasteiger partial charge in [0.15, 0.2) is 0 Å². The van der Waals surface area contributed by atoms with Crippen molar-refractivity contribution in [2.75, 3.05) is 19.6 Å². The number of pyridine rings is 1. The second-order valence-corrected chi connectivity index (χ2v) is 7.54. The van der Waals surface area contributed by atoms with Gasteiger partial charge in [-0.1, -0.05) is 12.5 Å². The van der Waals surface area contributed by atoms with Crippen LogP contribution in [0.1, 0.15) is 63.5 Å². The Morgan fingerprint density at radius 2 is 2.00 bits per heavy atom. The zero-order valence-electron chi connectivity index (χ0n) is 15.7. The summed E-state index contributed by atoms with van der Waals surface area (Å²) in [6.45, 7) is 2.26. The Bertz CT molecular complexity index is 590. The van der Waals surface area contributed by atoms with Gasteiger partial charge < -0.3 is 9.80 Å². The Hall–Kier alpha value is -1.91. The van der Waals surface area contributed by atoms with Crippen LogP contribution in [-0.2, 0) is 16.0 Å². The van der Waals surface area contributed by atoms with E-state index in [2.05, 4.69) is 16.0 Å². The van der Waals surface area contributed by atoms with Gasteiger partial charge in [0.2, 0.25) is 11.8 Å². The summed E-state index contributed by atoms with van der Waals surface area (Å²) in [4.78, 5) is 33.3. The average Bonchev–Trinajstić information content (AvgIpc) is 2.89. The second kappa shape index (κ2) is 9.70. The zero-order chi connectivity index (χ0) is 18.2. The molecule has 2 fully saturated rings. The van der Waals surface area contributed by atoms with Crippen molar-refractivity contribution in [2.24, 2.45) is 0 Å². The van der Waals surface area contributed by atoms with Crippen LogP contribution in [-0.4, -0.2) is 52.3 Å². The fraction of sp³-hybridized carbons (Fsp3) is 0.667. The molecular weight excluding hydrogens is 326 g/mol. The fourth-order valence-electron chi connectivity index (χ4n) is 4.14. The SMILES string of the molecule is O=C1CCCCCN1CCC(=O)N1CCCC[C@@H]1CCc1ccccn1. The molecule has 2 aliphatic heterocycles. The first kappa shape index (κ1) is 18.9. The Kier molecular flexibility index (Phi) is 7.04. The molecule has 0 N–H and O–H groups in total. The standard InChI is InChI=1S/C21H31N3O2/c25-20-10-2-1-6-15-23(20)17-13-21(26)24-16-7-4-9-19(24)12-11-18-8-3-5-14-22-18/h3,5,8,14,19H,1-2,4,6-7,9-13,15-17H2/t19-/m1/s1. The van der Waals surface area contributed by atoms with E-state index in [0.29, 0.717) is 25.4 Å². The van der Waals surface area contributed by atoms with Crippen molar-refractivity contribution >= 4 is 11.8 Å². The van der Waals surface area contributed by atoms with Gasteiger partial charge in [0, 0.05) is 50.4 Å². The van der Waals surface area contributed by atoms with Crippen molar-refractivity contribution in [3.63, 3.8) is 0 Å². The van der Waals surface area contributed by atoms with E-state index in [1.54, 1.807) is 0 Å². The summed E-state index contributed by atoms with van der Waals surface area (Å²) in [5.74, 6) is 0.438. The molecule has 1 aromatic heterocycles. The van der Waals surface area contributed by atoms with E-state index in [0.717, 1.165) is 63.7 Å². The van der Waals surface area contributed by atoms with Crippen molar-refractivity contribution in [3.8, 4) is 0 Å². The van der Waals surface area contributed by atoms with Crippen molar-refractivity contribution in [2.45, 2.75) is 70.3 Å². The monoisotopic (exact) mass is 357 g/mol. The Morgan fingerprint density at radius 3 is 2.85 bits per heavy atom. The molecule has 0 aromatic carbocycles. The number of amides is 2. The lowest BCUT2D eigenvalue weighted by atomic mass is 9.96. The average molecular weight is 357 g/mol. The van der Waals surface area contributed by atoms with Gasteiger partial charge in [-0.2, -0.15) is 0 Å². The van der Waals surface area contributed by atoms with Gasteiger partial charge in [-0.05, 0) is 57.1 Å². The van der Waals surface area contributed by atoms with E-state index in [1.165, 1.54) is 6.42 Å². The number of rotatable bonds is 6. The van der Waals surface area contributed by atoms with Gasteiger partial charge in [-0.25, -0.2) is 0 Å². The summed E-state index contributed by atoms with van der Waals surface area (Å²) in [5, 5.41) is 0. The molecule has 142 valence electrons. The van der Waals surface area contributed by atoms with E-state index in [4.69, 9.17) is 0 Å². The summed E-state index contributed by atoms with van der Waals surface area (Å²) >= 11 is 0. The fourth-order valence-corrected chi connectivity index (χ4v) is 4.14. The molecule has 0 radical (unpaired) electrons. The van der Waals surface area contributed by atoms with E-state index < -0.39 is 0 Å². The molecule has 26 heavy (non-hydrogen) atoms. The lowest BCUT2D eigenvalue weighted by Gasteiger charge is -2.36. The van der Waals surface area contributed by atoms with Crippen molar-refractivity contribution in [3.05, 3.63) is 30.1 Å². The second-order valence-electron chi connectivity index (χ2n) is 7.54. The Balaban J connectivity index is 1.51. The molecule has 0 spiro atoms. The van der Waals surface area contributed by atoms with Crippen LogP contribution in [0.25, 0.3) is 0 Å². The third-order valence-corrected chi connectivity index (χ3v) is 5.67. The van der Waals surface area contributed by atoms with Crippen LogP contribution >= 0.6 is 0 Å². The highest BCUT2D eigenvalue weighted by molar-refractivity contribution is 5.79. The molecule has 1 aromatic rings. The number of piperidine rings is 1. The van der Waals surface area contributed by atoms with E-state index in [9.17, 15) is 9.59 Å². The Labute approximate surface area is 156 Å². The molecule has 0 unspecified atom stereocenters. The van der Waals surface area contributed by atoms with Crippen LogP contribution in [0.5, 0.6) is 0 Å². The first-order valence-electron chi connectivity index (χ1n) is 10.2. The number of aromatic nitrogens is 1. The maximum absolute atomic E-state index is 12.8. The first-order valence-corrected chi connectivity index (χ1v) is 10.2. The van der Waals surface area contributed by atoms with Crippen LogP contribution in [0.15, 0.2) is 24.4 Å². The van der Waals surface area contributed by atoms with Crippen molar-refractivity contribution < 1.29 is 9.59 Å². The Morgan fingerprint density at radius 1 is 1.12 bits per heavy atom. The molecule has 2 amide bonds. The summed E-state index contributed by atoms with van der Waals surface area (Å²) in [5.41, 5.74) is 1.10. The predicted octanol–water partition coefficient (Wildman–Crippen LogP) is 3.19. The molecule has 2 aliphatic rings. The number of nitrogens with zero attached hydrogens (tertiary/aromatic N) is 3. The topological polar surface area (TPSA) is 53.5 Å². The molecule has 5 nitrogen and oxygen atoms in total. The number of carbonyl (C=O) groups excluding carboxylic acids is 2. The maximum atomic E-state index is 12.8. The predicted molar refractivity (Wildman–Crippen MR) is 102 cm³/mol. The number of hydrogen-bond acceptors (Lipinski definition) is 3. The van der Waals surface area contributed by atoms with Crippen LogP contribution < -0.4 is 0 Å². The molecule has 0 bridgehead atoms. The van der Waals surface area contributed by atoms with E-state index in [-0.39, 0.29) is 11.8 Å². The van der Waals surface area contributed by atoms with Crippen LogP contribution in [0.3, 0.4) is 0 Å². The van der Waals surface area contributed by atoms with Gasteiger partial charge in [0.05, 0.1) is 0 Å². The number of carbonyl (C=O) groups is 2. The van der Waals surface area contributed by atoms with Gasteiger partial charge in [0.25, 0.3) is 0 Å². The van der Waals surface area contributed by atoms with Crippen molar-refractivity contribution in [1.82, 2.24) is 14.8 Å². The van der Waals surface area contributed by atoms with Gasteiger partial charge >= 0.3 is 0 Å². The number of likely N-dealkylation sites (tertiary alicyclic amines) is 2. The van der Waals surface area contributed by atoms with E-state index in [1.807, 2.05) is 23.2 Å². The minimum atomic E-state index is 0.216. The molecule has 1 atom stereocenters. The molecule has 2 saturated heterocycles. The van der Waals surface area contributed by atoms with Gasteiger partial charge in [-0.3, -0.25) is 14.6 Å². The largest absolute Gasteiger partial charge is 0.342 e. The van der Waals surface area contributed by atoms with E-state index >= 15 is 0 Å². The minimum Gasteiger partial charge on any atom is -0.342 e. The molecule has 0 aliphatic carbocycles. The highest BCUT2D eigenvalue weighted by Gasteiger charge is 2.27. The van der Waals surface area contributed by atoms with Crippen LogP contribution in [0, 0.1) is 0 Å². The summed E-state index contributed by atoms with van der Waals surface area (Å²) in [6, 6.07) is 6.33. The maximum Gasteiger partial charge on any atom is 0.224 e. The summed E-state index contributed by atoms with van der Waals surface area (Å²) in [6.07, 6.45) is 11.4. The van der Waals surface area contributed by atoms with Gasteiger partial charge in [0.1, 0.15) is 0 Å². The first-order chi connectivity index (χ1) is 12.7. The third kappa shape index (κ3) is 5.29. The van der Waals surface area contributed by atoms with Crippen molar-refractivity contribution in [1.29, 1.82) is 0 Å². The highest BCUT2D eigenvalue weighted by atomic mass is 16.2. The smallest absolute Gasteiger partial charge is 0.224 e. The summed E-state index contributed by atoms with van der Waals surface area (Å²) < 4.78 is 0. The normalized spacial score (nSPS) is 21.5. The van der Waals surface area contributed by atoms with Gasteiger partial charge in [-0.15, -0.1) is 0 Å². The minimum absolute atomic E-state index is 0.216. The van der Waals surface area contributed by atoms with Crippen LogP contribution in [0.2, 0.25) is 0 Å². The number of aryl methyl sites for hydroxylation is 1. The summed E-state index contributed by atoms with van der Waals surface area (Å²) in [7, 11) is 0. The lowest BCUT2D eigenvalue weighted by molar-refractivity contribution is -0.136. The molecule has 3 heterocycles. The third-order valence-electron chi connectivity index (χ3n) is 5.67. The highest BCUT2D eigenvalue weighted by Crippen LogP contribution is 2.22. The lowest BCUT2D eigenvalue weighted by Crippen LogP contribution is -2.45. The molecule has 3 rings (SSSR count). The molecular formula is C21H31N3O2. The molecule has 5 heteroatoms. The molecule has 0 saturated carbocycles. The number of hydrogen-bond donors (Lipinski definition) is 0. The quantitative estimate of drug-likeness (QED) is 0.786. The zero-order valence-corrected chi connectivity index (χ0v) is 15.7.